The number of rotatable bonds is 14. The number of nitrogens with zero attached hydrogens (tertiary/aromatic N) is 4. The Kier molecular flexibility index (Phi) is 10.00. The summed E-state index contributed by atoms with van der Waals surface area (Å²) in [4.78, 5) is 22.2. The molecular formula is C24H34N6O5S. The molecule has 1 amide bonds. The maximum absolute atomic E-state index is 12.8. The zero-order chi connectivity index (χ0) is 26.1. The molecule has 0 radical (unpaired) electrons. The first-order valence-corrected chi connectivity index (χ1v) is 12.6. The van der Waals surface area contributed by atoms with Crippen LogP contribution in [-0.2, 0) is 11.3 Å². The molecule has 0 spiro atoms. The van der Waals surface area contributed by atoms with Crippen molar-refractivity contribution in [1.29, 1.82) is 0 Å². The van der Waals surface area contributed by atoms with Gasteiger partial charge in [-0.05, 0) is 19.1 Å². The van der Waals surface area contributed by atoms with E-state index in [-0.39, 0.29) is 5.91 Å². The molecule has 1 aromatic carbocycles. The van der Waals surface area contributed by atoms with Crippen LogP contribution in [0, 0.1) is 0 Å². The Hall–Kier alpha value is -3.25. The second kappa shape index (κ2) is 13.2. The highest BCUT2D eigenvalue weighted by Gasteiger charge is 2.18. The average Bonchev–Trinajstić information content (AvgIpc) is 3.27. The van der Waals surface area contributed by atoms with Gasteiger partial charge in [-0.3, -0.25) is 4.79 Å². The Labute approximate surface area is 215 Å². The highest BCUT2D eigenvalue weighted by Crippen LogP contribution is 2.38. The van der Waals surface area contributed by atoms with E-state index in [1.54, 1.807) is 34.8 Å². The number of carbonyl (C=O) groups excluding carboxylic acids is 1. The molecule has 12 heteroatoms. The van der Waals surface area contributed by atoms with Gasteiger partial charge in [0.1, 0.15) is 5.82 Å². The van der Waals surface area contributed by atoms with Gasteiger partial charge in [-0.25, -0.2) is 14.6 Å². The number of carbonyl (C=O) groups is 1. The summed E-state index contributed by atoms with van der Waals surface area (Å²) in [5.41, 5.74) is 1.10. The minimum atomic E-state index is -0.269. The summed E-state index contributed by atoms with van der Waals surface area (Å²) >= 11 is 1.58. The lowest BCUT2D eigenvalue weighted by atomic mass is 10.1. The number of hydrogen-bond donors (Lipinski definition) is 2. The number of hydrogen-bond acceptors (Lipinski definition) is 10. The zero-order valence-corrected chi connectivity index (χ0v) is 22.4. The summed E-state index contributed by atoms with van der Waals surface area (Å²) in [6, 6.07) is 3.23. The van der Waals surface area contributed by atoms with Crippen LogP contribution >= 0.6 is 11.8 Å². The lowest BCUT2D eigenvalue weighted by Crippen LogP contribution is -2.27. The third kappa shape index (κ3) is 6.70. The van der Waals surface area contributed by atoms with Gasteiger partial charge < -0.3 is 29.6 Å². The van der Waals surface area contributed by atoms with E-state index in [1.807, 2.05) is 6.92 Å². The molecule has 0 unspecified atom stereocenters. The van der Waals surface area contributed by atoms with E-state index in [2.05, 4.69) is 34.6 Å². The molecule has 3 aromatic rings. The predicted molar refractivity (Wildman–Crippen MR) is 140 cm³/mol. The van der Waals surface area contributed by atoms with E-state index < -0.39 is 0 Å². The fourth-order valence-corrected chi connectivity index (χ4v) is 4.18. The summed E-state index contributed by atoms with van der Waals surface area (Å²) in [5.74, 6) is 1.71. The van der Waals surface area contributed by atoms with Crippen LogP contribution in [0.15, 0.2) is 23.5 Å². The zero-order valence-electron chi connectivity index (χ0n) is 21.6. The highest BCUT2D eigenvalue weighted by atomic mass is 32.2. The Morgan fingerprint density at radius 1 is 1.08 bits per heavy atom. The third-order valence-corrected chi connectivity index (χ3v) is 5.96. The van der Waals surface area contributed by atoms with Crippen LogP contribution in [0.5, 0.6) is 17.2 Å². The Morgan fingerprint density at radius 2 is 1.81 bits per heavy atom. The fraction of sp³-hybridized carbons (Fsp3) is 0.500. The highest BCUT2D eigenvalue weighted by molar-refractivity contribution is 7.99. The second-order valence-corrected chi connectivity index (χ2v) is 9.46. The monoisotopic (exact) mass is 518 g/mol. The number of benzene rings is 1. The fourth-order valence-electron chi connectivity index (χ4n) is 3.47. The molecule has 0 aliphatic heterocycles. The predicted octanol–water partition coefficient (Wildman–Crippen LogP) is 3.23. The molecule has 2 heterocycles. The summed E-state index contributed by atoms with van der Waals surface area (Å²) in [6.07, 6.45) is 1.74. The minimum absolute atomic E-state index is 0.269. The van der Waals surface area contributed by atoms with Gasteiger partial charge >= 0.3 is 0 Å². The van der Waals surface area contributed by atoms with Crippen LogP contribution in [0.2, 0.25) is 0 Å². The Bertz CT molecular complexity index is 1140. The van der Waals surface area contributed by atoms with Crippen LogP contribution < -0.4 is 24.8 Å². The van der Waals surface area contributed by atoms with Crippen molar-refractivity contribution in [1.82, 2.24) is 25.1 Å². The summed E-state index contributed by atoms with van der Waals surface area (Å²) in [6.45, 7) is 8.79. The van der Waals surface area contributed by atoms with E-state index in [4.69, 9.17) is 23.9 Å². The molecule has 0 aliphatic rings. The number of ether oxygens (including phenoxy) is 4. The quantitative estimate of drug-likeness (QED) is 0.187. The van der Waals surface area contributed by atoms with Crippen molar-refractivity contribution < 1.29 is 23.7 Å². The van der Waals surface area contributed by atoms with Crippen LogP contribution in [0.25, 0.3) is 11.0 Å². The first-order valence-electron chi connectivity index (χ1n) is 11.7. The first-order chi connectivity index (χ1) is 17.4. The number of nitrogens with one attached hydrogen (secondary N) is 2. The number of aromatic nitrogens is 4. The molecule has 3 rings (SSSR count). The maximum Gasteiger partial charge on any atom is 0.251 e. The number of anilines is 1. The molecule has 0 aliphatic carbocycles. The van der Waals surface area contributed by atoms with Crippen LogP contribution in [0.4, 0.5) is 5.82 Å². The molecule has 0 saturated heterocycles. The van der Waals surface area contributed by atoms with Gasteiger partial charge in [0, 0.05) is 30.5 Å². The van der Waals surface area contributed by atoms with Gasteiger partial charge in [0.15, 0.2) is 22.3 Å². The summed E-state index contributed by atoms with van der Waals surface area (Å²) < 4.78 is 23.2. The van der Waals surface area contributed by atoms with Crippen molar-refractivity contribution in [2.45, 2.75) is 37.7 Å². The van der Waals surface area contributed by atoms with Crippen molar-refractivity contribution in [3.63, 3.8) is 0 Å². The van der Waals surface area contributed by atoms with Gasteiger partial charge in [-0.1, -0.05) is 25.6 Å². The molecule has 11 nitrogen and oxygen atoms in total. The van der Waals surface area contributed by atoms with Gasteiger partial charge in [0.25, 0.3) is 5.91 Å². The molecule has 0 bridgehead atoms. The van der Waals surface area contributed by atoms with E-state index in [9.17, 15) is 4.79 Å². The number of fused-ring (bicyclic) bond motifs is 1. The molecule has 0 atom stereocenters. The minimum Gasteiger partial charge on any atom is -0.493 e. The molecular weight excluding hydrogens is 484 g/mol. The van der Waals surface area contributed by atoms with Crippen molar-refractivity contribution in [3.05, 3.63) is 23.9 Å². The van der Waals surface area contributed by atoms with Crippen LogP contribution in [0.1, 0.15) is 31.1 Å². The lowest BCUT2D eigenvalue weighted by molar-refractivity contribution is 0.0951. The molecule has 36 heavy (non-hydrogen) atoms. The van der Waals surface area contributed by atoms with Crippen LogP contribution in [0.3, 0.4) is 0 Å². The molecule has 2 N–H and O–H groups in total. The molecule has 0 saturated carbocycles. The van der Waals surface area contributed by atoms with Gasteiger partial charge in [-0.2, -0.15) is 5.10 Å². The summed E-state index contributed by atoms with van der Waals surface area (Å²) in [5, 5.41) is 12.6. The number of thioether (sulfide) groups is 1. The van der Waals surface area contributed by atoms with E-state index in [0.717, 1.165) is 11.2 Å². The largest absolute Gasteiger partial charge is 0.493 e. The number of methoxy groups -OCH3 is 3. The van der Waals surface area contributed by atoms with Gasteiger partial charge in [0.2, 0.25) is 5.75 Å². The van der Waals surface area contributed by atoms with Crippen molar-refractivity contribution >= 4 is 34.5 Å². The lowest BCUT2D eigenvalue weighted by Gasteiger charge is -2.14. The SMILES string of the molecule is CCOCCNc1nc(SC(C)C)nc2c1cnn2CCNC(=O)c1cc(OC)c(OC)c(OC)c1. The number of amides is 1. The smallest absolute Gasteiger partial charge is 0.251 e. The van der Waals surface area contributed by atoms with E-state index in [1.165, 1.54) is 21.3 Å². The molecule has 0 fully saturated rings. The normalized spacial score (nSPS) is 11.1. The second-order valence-electron chi connectivity index (χ2n) is 7.92. The average molecular weight is 519 g/mol. The Balaban J connectivity index is 1.75. The first kappa shape index (κ1) is 27.3. The van der Waals surface area contributed by atoms with Crippen molar-refractivity contribution in [2.24, 2.45) is 0 Å². The molecule has 196 valence electrons. The Morgan fingerprint density at radius 3 is 2.42 bits per heavy atom. The van der Waals surface area contributed by atoms with E-state index >= 15 is 0 Å². The standard InChI is InChI=1S/C24H34N6O5S/c1-7-35-11-9-25-21-17-14-27-30(22(17)29-24(28-21)36-15(2)3)10-8-26-23(31)16-12-18(32-4)20(34-6)19(13-16)33-5/h12-15H,7-11H2,1-6H3,(H,26,31)(H,25,28,29). The summed E-state index contributed by atoms with van der Waals surface area (Å²) in [7, 11) is 4.54. The van der Waals surface area contributed by atoms with E-state index in [0.29, 0.717) is 71.7 Å². The maximum atomic E-state index is 12.8. The van der Waals surface area contributed by atoms with Crippen molar-refractivity contribution in [2.75, 3.05) is 52.9 Å². The molecule has 2 aromatic heterocycles. The third-order valence-electron chi connectivity index (χ3n) is 5.10. The van der Waals surface area contributed by atoms with Gasteiger partial charge in [0.05, 0.1) is 46.1 Å². The van der Waals surface area contributed by atoms with Crippen molar-refractivity contribution in [3.8, 4) is 17.2 Å². The topological polar surface area (TPSA) is 122 Å². The van der Waals surface area contributed by atoms with Gasteiger partial charge in [-0.15, -0.1) is 0 Å². The van der Waals surface area contributed by atoms with Crippen LogP contribution in [-0.4, -0.2) is 78.5 Å².